The van der Waals surface area contributed by atoms with Crippen LogP contribution in [0.5, 0.6) is 11.5 Å². The highest BCUT2D eigenvalue weighted by atomic mass is 79.9. The number of hydrogen-bond donors (Lipinski definition) is 1. The highest BCUT2D eigenvalue weighted by Crippen LogP contribution is 2.41. The van der Waals surface area contributed by atoms with Gasteiger partial charge in [0.25, 0.3) is 0 Å². The van der Waals surface area contributed by atoms with Crippen LogP contribution in [0.2, 0.25) is 5.02 Å². The predicted octanol–water partition coefficient (Wildman–Crippen LogP) is 8.73. The zero-order valence-electron chi connectivity index (χ0n) is 23.0. The van der Waals surface area contributed by atoms with Gasteiger partial charge in [0, 0.05) is 33.7 Å². The first-order chi connectivity index (χ1) is 20.4. The number of rotatable bonds is 10. The summed E-state index contributed by atoms with van der Waals surface area (Å²) in [6.45, 7) is 3.11. The van der Waals surface area contributed by atoms with Gasteiger partial charge in [-0.05, 0) is 74.0 Å². The summed E-state index contributed by atoms with van der Waals surface area (Å²) >= 11 is 11.0. The summed E-state index contributed by atoms with van der Waals surface area (Å²) in [5.74, 6) is 0.577. The Labute approximate surface area is 261 Å². The molecule has 5 rings (SSSR count). The smallest absolute Gasteiger partial charge is 0.344 e. The number of methoxy groups -OCH3 is 1. The molecule has 1 N–H and O–H groups in total. The lowest BCUT2D eigenvalue weighted by atomic mass is 10.1. The predicted molar refractivity (Wildman–Crippen MR) is 173 cm³/mol. The quantitative estimate of drug-likeness (QED) is 0.135. The van der Waals surface area contributed by atoms with Gasteiger partial charge < -0.3 is 23.9 Å². The first kappa shape index (κ1) is 29.8. The number of hydrogen-bond acceptors (Lipinski definition) is 7. The Morgan fingerprint density at radius 3 is 2.67 bits per heavy atom. The van der Waals surface area contributed by atoms with Crippen LogP contribution in [0.25, 0.3) is 17.0 Å². The van der Waals surface area contributed by atoms with E-state index in [2.05, 4.69) is 31.6 Å². The number of benzene rings is 3. The van der Waals surface area contributed by atoms with Gasteiger partial charge in [-0.15, -0.1) is 0 Å². The molecule has 1 aliphatic heterocycles. The SMILES string of the molecule is CCOC(=O)C1=C(O)/C(=C/c2cn(CCCOc3ccccc3Cl)c3ccc(Br)cc23)SC1=Nc1ccc(OC)cc1. The van der Waals surface area contributed by atoms with E-state index in [9.17, 15) is 9.90 Å². The van der Waals surface area contributed by atoms with Crippen molar-refractivity contribution in [3.8, 4) is 11.5 Å². The van der Waals surface area contributed by atoms with Gasteiger partial charge in [0.1, 0.15) is 27.9 Å². The number of thioether (sulfide) groups is 1. The van der Waals surface area contributed by atoms with E-state index in [-0.39, 0.29) is 17.9 Å². The van der Waals surface area contributed by atoms with Crippen molar-refractivity contribution in [2.45, 2.75) is 19.9 Å². The van der Waals surface area contributed by atoms with Crippen LogP contribution in [0.1, 0.15) is 18.9 Å². The number of carbonyl (C=O) groups is 1. The normalized spacial score (nSPS) is 15.1. The van der Waals surface area contributed by atoms with Crippen LogP contribution in [0.4, 0.5) is 5.69 Å². The number of carbonyl (C=O) groups excluding carboxylic acids is 1. The molecule has 0 atom stereocenters. The fraction of sp³-hybridized carbons (Fsp3) is 0.188. The van der Waals surface area contributed by atoms with Gasteiger partial charge >= 0.3 is 5.97 Å². The van der Waals surface area contributed by atoms with Crippen LogP contribution in [0, 0.1) is 0 Å². The monoisotopic (exact) mass is 666 g/mol. The van der Waals surface area contributed by atoms with Crippen LogP contribution in [-0.4, -0.2) is 41.0 Å². The van der Waals surface area contributed by atoms with Crippen molar-refractivity contribution >= 4 is 73.0 Å². The zero-order chi connectivity index (χ0) is 29.6. The molecule has 0 bridgehead atoms. The molecule has 0 saturated heterocycles. The molecule has 10 heteroatoms. The summed E-state index contributed by atoms with van der Waals surface area (Å²) in [5, 5.41) is 13.2. The number of para-hydroxylation sites is 1. The van der Waals surface area contributed by atoms with E-state index < -0.39 is 5.97 Å². The molecule has 1 aromatic heterocycles. The van der Waals surface area contributed by atoms with Crippen molar-refractivity contribution < 1.29 is 24.1 Å². The van der Waals surface area contributed by atoms with Crippen molar-refractivity contribution in [1.82, 2.24) is 4.57 Å². The highest BCUT2D eigenvalue weighted by molar-refractivity contribution is 9.10. The van der Waals surface area contributed by atoms with Crippen LogP contribution in [0.3, 0.4) is 0 Å². The fourth-order valence-electron chi connectivity index (χ4n) is 4.48. The number of halogens is 2. The number of aliphatic hydroxyl groups is 1. The molecular formula is C32H28BrClN2O5S. The summed E-state index contributed by atoms with van der Waals surface area (Å²) in [5.41, 5.74) is 2.59. The van der Waals surface area contributed by atoms with Gasteiger partial charge in [-0.25, -0.2) is 9.79 Å². The maximum Gasteiger partial charge on any atom is 0.344 e. The molecular weight excluding hydrogens is 640 g/mol. The lowest BCUT2D eigenvalue weighted by Crippen LogP contribution is -2.12. The second kappa shape index (κ2) is 13.5. The summed E-state index contributed by atoms with van der Waals surface area (Å²) in [6, 6.07) is 20.7. The summed E-state index contributed by atoms with van der Waals surface area (Å²) < 4.78 is 19.4. The first-order valence-electron chi connectivity index (χ1n) is 13.3. The van der Waals surface area contributed by atoms with Gasteiger partial charge in [-0.3, -0.25) is 0 Å². The van der Waals surface area contributed by atoms with Crippen molar-refractivity contribution in [1.29, 1.82) is 0 Å². The molecule has 0 amide bonds. The number of aliphatic hydroxyl groups excluding tert-OH is 1. The van der Waals surface area contributed by atoms with Crippen molar-refractivity contribution in [2.75, 3.05) is 20.3 Å². The zero-order valence-corrected chi connectivity index (χ0v) is 26.1. The first-order valence-corrected chi connectivity index (χ1v) is 15.3. The number of aryl methyl sites for hydroxylation is 1. The number of aromatic nitrogens is 1. The Morgan fingerprint density at radius 1 is 1.14 bits per heavy atom. The van der Waals surface area contributed by atoms with Crippen LogP contribution < -0.4 is 9.47 Å². The largest absolute Gasteiger partial charge is 0.506 e. The van der Waals surface area contributed by atoms with E-state index >= 15 is 0 Å². The van der Waals surface area contributed by atoms with Gasteiger partial charge in [0.15, 0.2) is 0 Å². The van der Waals surface area contributed by atoms with Crippen molar-refractivity contribution in [3.63, 3.8) is 0 Å². The molecule has 7 nitrogen and oxygen atoms in total. The average molecular weight is 668 g/mol. The second-order valence-corrected chi connectivity index (χ2v) is 11.6. The van der Waals surface area contributed by atoms with E-state index in [1.54, 1.807) is 44.4 Å². The Kier molecular flexibility index (Phi) is 9.62. The van der Waals surface area contributed by atoms with Crippen LogP contribution >= 0.6 is 39.3 Å². The third kappa shape index (κ3) is 6.69. The van der Waals surface area contributed by atoms with Gasteiger partial charge in [-0.1, -0.05) is 51.4 Å². The highest BCUT2D eigenvalue weighted by Gasteiger charge is 2.33. The number of nitrogens with zero attached hydrogens (tertiary/aromatic N) is 2. The molecule has 0 unspecified atom stereocenters. The number of esters is 1. The van der Waals surface area contributed by atoms with Gasteiger partial charge in [0.05, 0.1) is 35.9 Å². The molecule has 0 aliphatic carbocycles. The summed E-state index contributed by atoms with van der Waals surface area (Å²) in [6.07, 6.45) is 4.67. The van der Waals surface area contributed by atoms with Crippen molar-refractivity contribution in [3.05, 3.63) is 104 Å². The number of aliphatic imine (C=N–C) groups is 1. The minimum atomic E-state index is -0.623. The molecule has 0 saturated carbocycles. The molecule has 1 aliphatic rings. The standard InChI is InChI=1S/C32H28BrClN2O5S/c1-3-40-32(38)29-30(37)28(42-31(29)35-22-10-12-23(39-2)13-11-22)17-20-19-36(26-14-9-21(33)18-24(20)26)15-6-16-41-27-8-5-4-7-25(27)34/h4-5,7-14,17-19,37H,3,6,15-16H2,1-2H3/b28-17-,35-31?. The molecule has 0 spiro atoms. The van der Waals surface area contributed by atoms with Gasteiger partial charge in [0.2, 0.25) is 0 Å². The summed E-state index contributed by atoms with van der Waals surface area (Å²) in [4.78, 5) is 18.0. The van der Waals surface area contributed by atoms with E-state index in [1.807, 2.05) is 42.6 Å². The number of ether oxygens (including phenoxy) is 3. The minimum Gasteiger partial charge on any atom is -0.506 e. The average Bonchev–Trinajstić information content (AvgIpc) is 3.48. The topological polar surface area (TPSA) is 82.3 Å². The third-order valence-corrected chi connectivity index (χ3v) is 8.30. The number of fused-ring (bicyclic) bond motifs is 1. The molecule has 3 aromatic carbocycles. The van der Waals surface area contributed by atoms with Crippen LogP contribution in [-0.2, 0) is 16.1 Å². The Morgan fingerprint density at radius 2 is 1.93 bits per heavy atom. The minimum absolute atomic E-state index is 0.0468. The van der Waals surface area contributed by atoms with E-state index in [0.717, 1.165) is 27.4 Å². The Balaban J connectivity index is 1.45. The molecule has 0 fully saturated rings. The van der Waals surface area contributed by atoms with Gasteiger partial charge in [-0.2, -0.15) is 0 Å². The molecule has 2 heterocycles. The molecule has 4 aromatic rings. The Bertz CT molecular complexity index is 1710. The fourth-order valence-corrected chi connectivity index (χ4v) is 6.06. The molecule has 42 heavy (non-hydrogen) atoms. The van der Waals surface area contributed by atoms with Crippen molar-refractivity contribution in [2.24, 2.45) is 4.99 Å². The lowest BCUT2D eigenvalue weighted by Gasteiger charge is -2.09. The van der Waals surface area contributed by atoms with Crippen LogP contribution in [0.15, 0.2) is 98.6 Å². The second-order valence-electron chi connectivity index (χ2n) is 9.24. The maximum absolute atomic E-state index is 12.9. The van der Waals surface area contributed by atoms with E-state index in [4.69, 9.17) is 25.8 Å². The third-order valence-electron chi connectivity index (χ3n) is 6.47. The molecule has 0 radical (unpaired) electrons. The van der Waals surface area contributed by atoms with E-state index in [1.165, 1.54) is 11.8 Å². The lowest BCUT2D eigenvalue weighted by molar-refractivity contribution is -0.138. The Hall–Kier alpha value is -3.66. The van der Waals surface area contributed by atoms with E-state index in [0.29, 0.717) is 45.3 Å². The molecule has 216 valence electrons. The summed E-state index contributed by atoms with van der Waals surface area (Å²) in [7, 11) is 1.59. The maximum atomic E-state index is 12.9.